The minimum absolute atomic E-state index is 0.438. The Morgan fingerprint density at radius 1 is 1.50 bits per heavy atom. The molecule has 0 saturated heterocycles. The highest BCUT2D eigenvalue weighted by Gasteiger charge is 1.84. The van der Waals surface area contributed by atoms with Gasteiger partial charge in [-0.25, -0.2) is 0 Å². The molecule has 0 amide bonds. The van der Waals surface area contributed by atoms with Gasteiger partial charge in [0.1, 0.15) is 0 Å². The van der Waals surface area contributed by atoms with Crippen LogP contribution in [0.1, 0.15) is 26.2 Å². The van der Waals surface area contributed by atoms with Crippen LogP contribution < -0.4 is 0 Å². The van der Waals surface area contributed by atoms with Crippen LogP contribution in [0.3, 0.4) is 0 Å². The first-order chi connectivity index (χ1) is 3.77. The second kappa shape index (κ2) is 4.88. The van der Waals surface area contributed by atoms with E-state index in [0.717, 1.165) is 19.3 Å². The highest BCUT2D eigenvalue weighted by atomic mass is 32.2. The van der Waals surface area contributed by atoms with Crippen LogP contribution in [-0.2, 0) is 10.4 Å². The maximum absolute atomic E-state index is 9.99. The van der Waals surface area contributed by atoms with Crippen LogP contribution in [0.25, 0.3) is 0 Å². The topological polar surface area (TPSA) is 40.9 Å². The molecule has 0 atom stereocenters. The molecule has 0 aliphatic carbocycles. The first-order valence-electron chi connectivity index (χ1n) is 2.85. The van der Waals surface area contributed by atoms with E-state index in [1.165, 1.54) is 0 Å². The predicted octanol–water partition coefficient (Wildman–Crippen LogP) is 1.40. The number of unbranched alkanes of at least 4 members (excludes halogenated alkanes) is 2. The molecule has 0 N–H and O–H groups in total. The van der Waals surface area contributed by atoms with E-state index >= 15 is 0 Å². The molecule has 2 nitrogen and oxygen atoms in total. The van der Waals surface area contributed by atoms with Crippen molar-refractivity contribution in [3.63, 3.8) is 0 Å². The maximum atomic E-state index is 9.99. The minimum atomic E-state index is -1.57. The van der Waals surface area contributed by atoms with E-state index in [1.54, 1.807) is 0 Å². The summed E-state index contributed by atoms with van der Waals surface area (Å²) in [5.74, 6) is 0.438. The van der Waals surface area contributed by atoms with Gasteiger partial charge in [0.2, 0.25) is 0 Å². The summed E-state index contributed by atoms with van der Waals surface area (Å²) in [6.45, 7) is 2.07. The molecule has 0 aliphatic rings. The fourth-order valence-electron chi connectivity index (χ4n) is 0.476. The molecule has 8 heavy (non-hydrogen) atoms. The first kappa shape index (κ1) is 7.73. The molecule has 0 aliphatic heterocycles. The normalized spacial score (nSPS) is 9.00. The lowest BCUT2D eigenvalue weighted by atomic mass is 10.3. The first-order valence-corrected chi connectivity index (χ1v) is 4.12. The van der Waals surface area contributed by atoms with Gasteiger partial charge in [-0.05, 0) is 6.42 Å². The average molecular weight is 133 g/mol. The van der Waals surface area contributed by atoms with E-state index in [0.29, 0.717) is 5.75 Å². The highest BCUT2D eigenvalue weighted by molar-refractivity contribution is 7.70. The van der Waals surface area contributed by atoms with Crippen molar-refractivity contribution in [1.82, 2.24) is 0 Å². The van der Waals surface area contributed by atoms with E-state index in [9.17, 15) is 4.21 Å². The van der Waals surface area contributed by atoms with E-state index in [4.69, 9.17) is 4.61 Å². The number of rotatable bonds is 3. The molecule has 3 heteroatoms. The highest BCUT2D eigenvalue weighted by Crippen LogP contribution is 1.91. The van der Waals surface area contributed by atoms with Crippen LogP contribution in [0.5, 0.6) is 0 Å². The van der Waals surface area contributed by atoms with Crippen molar-refractivity contribution in [3.05, 3.63) is 0 Å². The van der Waals surface area contributed by atoms with Gasteiger partial charge in [0.25, 0.3) is 0 Å². The third-order valence-electron chi connectivity index (χ3n) is 0.923. The quantitative estimate of drug-likeness (QED) is 0.546. The lowest BCUT2D eigenvalue weighted by Crippen LogP contribution is -1.82. The molecule has 0 aromatic heterocycles. The van der Waals surface area contributed by atoms with E-state index < -0.39 is 10.4 Å². The van der Waals surface area contributed by atoms with Gasteiger partial charge in [0.15, 0.2) is 10.4 Å². The number of hydrogen-bond acceptors (Lipinski definition) is 2. The van der Waals surface area contributed by atoms with Crippen molar-refractivity contribution in [2.45, 2.75) is 26.2 Å². The van der Waals surface area contributed by atoms with Gasteiger partial charge in [0, 0.05) is 0 Å². The Bertz CT molecular complexity index is 147. The monoisotopic (exact) mass is 133 g/mol. The van der Waals surface area contributed by atoms with Crippen molar-refractivity contribution in [2.75, 3.05) is 5.75 Å². The Morgan fingerprint density at radius 3 is 2.50 bits per heavy atom. The lowest BCUT2D eigenvalue weighted by Gasteiger charge is -1.85. The number of hydrogen-bond donors (Lipinski definition) is 0. The zero-order valence-corrected chi connectivity index (χ0v) is 5.91. The Hall–Kier alpha value is -0.270. The molecule has 0 bridgehead atoms. The van der Waals surface area contributed by atoms with Crippen molar-refractivity contribution in [1.29, 1.82) is 4.61 Å². The SMILES string of the molecule is CCCCCS(#N)=O. The second-order valence-corrected chi connectivity index (χ2v) is 2.78. The van der Waals surface area contributed by atoms with Crippen molar-refractivity contribution < 1.29 is 4.21 Å². The standard InChI is InChI=1S/C5H11NOS/c1-2-3-4-5-8(6)7/h2-5H2,1H3. The zero-order chi connectivity index (χ0) is 6.41. The summed E-state index contributed by atoms with van der Waals surface area (Å²) in [5, 5.41) is 0. The van der Waals surface area contributed by atoms with Crippen LogP contribution in [0.15, 0.2) is 0 Å². The summed E-state index contributed by atoms with van der Waals surface area (Å²) in [5.41, 5.74) is 0. The van der Waals surface area contributed by atoms with E-state index in [-0.39, 0.29) is 0 Å². The van der Waals surface area contributed by atoms with E-state index in [1.807, 2.05) is 0 Å². The van der Waals surface area contributed by atoms with Crippen LogP contribution in [0.4, 0.5) is 0 Å². The molecule has 0 unspecified atom stereocenters. The summed E-state index contributed by atoms with van der Waals surface area (Å²) >= 11 is 0. The third kappa shape index (κ3) is 5.73. The molecule has 48 valence electrons. The molecule has 0 spiro atoms. The van der Waals surface area contributed by atoms with E-state index in [2.05, 4.69) is 6.92 Å². The number of nitrogens with zero attached hydrogens (tertiary/aromatic N) is 1. The van der Waals surface area contributed by atoms with Gasteiger partial charge < -0.3 is 0 Å². The van der Waals surface area contributed by atoms with Crippen LogP contribution in [0, 0.1) is 4.61 Å². The minimum Gasteiger partial charge on any atom is -0.196 e. The van der Waals surface area contributed by atoms with Gasteiger partial charge in [-0.15, -0.1) is 4.61 Å². The third-order valence-corrected chi connectivity index (χ3v) is 1.56. The van der Waals surface area contributed by atoms with Gasteiger partial charge >= 0.3 is 0 Å². The van der Waals surface area contributed by atoms with Crippen molar-refractivity contribution >= 4 is 10.4 Å². The van der Waals surface area contributed by atoms with Crippen molar-refractivity contribution in [2.24, 2.45) is 0 Å². The Labute approximate surface area is 52.0 Å². The molecule has 0 radical (unpaired) electrons. The lowest BCUT2D eigenvalue weighted by molar-refractivity contribution is 0.683. The van der Waals surface area contributed by atoms with Crippen LogP contribution >= 0.6 is 0 Å². The Morgan fingerprint density at radius 2 is 2.12 bits per heavy atom. The van der Waals surface area contributed by atoms with Gasteiger partial charge in [-0.1, -0.05) is 19.8 Å². The maximum Gasteiger partial charge on any atom is 0.161 e. The van der Waals surface area contributed by atoms with Gasteiger partial charge in [-0.3, -0.25) is 0 Å². The fraction of sp³-hybridized carbons (Fsp3) is 1.00. The molecule has 0 rings (SSSR count). The summed E-state index contributed by atoms with van der Waals surface area (Å²) in [6.07, 6.45) is 3.04. The molecule has 0 heterocycles. The summed E-state index contributed by atoms with van der Waals surface area (Å²) in [7, 11) is -1.57. The van der Waals surface area contributed by atoms with Gasteiger partial charge in [0.05, 0.1) is 5.75 Å². The van der Waals surface area contributed by atoms with Crippen LogP contribution in [0.2, 0.25) is 0 Å². The molecule has 0 saturated carbocycles. The second-order valence-electron chi connectivity index (χ2n) is 1.73. The summed E-state index contributed by atoms with van der Waals surface area (Å²) in [4.78, 5) is 0. The van der Waals surface area contributed by atoms with Crippen LogP contribution in [-0.4, -0.2) is 9.96 Å². The summed E-state index contributed by atoms with van der Waals surface area (Å²) in [6, 6.07) is 0. The Balaban J connectivity index is 2.98. The Kier molecular flexibility index (Phi) is 4.71. The predicted molar refractivity (Wildman–Crippen MR) is 34.3 cm³/mol. The molecule has 0 aromatic carbocycles. The molecular formula is C5H11NOS. The molecular weight excluding hydrogens is 122 g/mol. The average Bonchev–Trinajstić information content (AvgIpc) is 1.66. The molecule has 0 aromatic rings. The largest absolute Gasteiger partial charge is 0.196 e. The molecule has 0 fully saturated rings. The van der Waals surface area contributed by atoms with Crippen molar-refractivity contribution in [3.8, 4) is 0 Å². The smallest absolute Gasteiger partial charge is 0.161 e. The zero-order valence-electron chi connectivity index (χ0n) is 5.09. The fourth-order valence-corrected chi connectivity index (χ4v) is 0.927. The summed E-state index contributed by atoms with van der Waals surface area (Å²) < 4.78 is 18.2. The van der Waals surface area contributed by atoms with Gasteiger partial charge in [-0.2, -0.15) is 4.21 Å².